The number of nitrogens with zero attached hydrogens (tertiary/aromatic N) is 2. The second kappa shape index (κ2) is 10.3. The van der Waals surface area contributed by atoms with E-state index in [-0.39, 0.29) is 30.4 Å². The number of aryl methyl sites for hydroxylation is 1. The summed E-state index contributed by atoms with van der Waals surface area (Å²) in [4.78, 5) is 38.7. The van der Waals surface area contributed by atoms with Crippen molar-refractivity contribution in [3.63, 3.8) is 0 Å². The fourth-order valence-electron chi connectivity index (χ4n) is 2.60. The number of nitro benzene ring substituents is 1. The number of ether oxygens (including phenoxy) is 2. The van der Waals surface area contributed by atoms with Crippen LogP contribution in [0.3, 0.4) is 0 Å². The first-order chi connectivity index (χ1) is 14.9. The van der Waals surface area contributed by atoms with E-state index in [1.807, 2.05) is 31.2 Å². The molecule has 0 radical (unpaired) electrons. The molecular weight excluding hydrogens is 422 g/mol. The lowest BCUT2D eigenvalue weighted by molar-refractivity contribution is -0.385. The standard InChI is InChI=1S/C21H19N3O6S/c1-14-6-2-3-7-16(14)23-19(25)10-20-22-15(13-31-20)11-30-21(26)12-29-18-9-5-4-8-17(18)24(27)28/h2-9,13H,10-12H2,1H3,(H,23,25). The van der Waals surface area contributed by atoms with E-state index in [0.29, 0.717) is 10.7 Å². The summed E-state index contributed by atoms with van der Waals surface area (Å²) >= 11 is 1.29. The van der Waals surface area contributed by atoms with E-state index in [1.54, 1.807) is 11.4 Å². The number of carbonyl (C=O) groups excluding carboxylic acids is 2. The lowest BCUT2D eigenvalue weighted by atomic mass is 10.2. The molecule has 0 saturated heterocycles. The summed E-state index contributed by atoms with van der Waals surface area (Å²) in [5, 5.41) is 16.1. The number of aromatic nitrogens is 1. The minimum atomic E-state index is -0.690. The van der Waals surface area contributed by atoms with Gasteiger partial charge in [0.15, 0.2) is 12.4 Å². The van der Waals surface area contributed by atoms with E-state index in [4.69, 9.17) is 9.47 Å². The molecule has 0 aliphatic heterocycles. The monoisotopic (exact) mass is 441 g/mol. The predicted octanol–water partition coefficient (Wildman–Crippen LogP) is 3.66. The fourth-order valence-corrected chi connectivity index (χ4v) is 3.38. The Kier molecular flexibility index (Phi) is 7.28. The second-order valence-electron chi connectivity index (χ2n) is 6.45. The van der Waals surface area contributed by atoms with Crippen molar-refractivity contribution in [2.45, 2.75) is 20.0 Å². The Morgan fingerprint density at radius 3 is 2.68 bits per heavy atom. The third kappa shape index (κ3) is 6.34. The molecular formula is C21H19N3O6S. The van der Waals surface area contributed by atoms with Crippen LogP contribution < -0.4 is 10.1 Å². The SMILES string of the molecule is Cc1ccccc1NC(=O)Cc1nc(COC(=O)COc2ccccc2[N+](=O)[O-])cs1. The first-order valence-corrected chi connectivity index (χ1v) is 10.1. The highest BCUT2D eigenvalue weighted by molar-refractivity contribution is 7.09. The molecule has 0 aliphatic carbocycles. The number of thiazole rings is 1. The molecule has 31 heavy (non-hydrogen) atoms. The smallest absolute Gasteiger partial charge is 0.344 e. The highest BCUT2D eigenvalue weighted by atomic mass is 32.1. The van der Waals surface area contributed by atoms with Crippen molar-refractivity contribution >= 4 is 34.6 Å². The van der Waals surface area contributed by atoms with Gasteiger partial charge in [-0.05, 0) is 24.6 Å². The number of hydrogen-bond donors (Lipinski definition) is 1. The summed E-state index contributed by atoms with van der Waals surface area (Å²) in [6.45, 7) is 1.35. The van der Waals surface area contributed by atoms with E-state index in [2.05, 4.69) is 10.3 Å². The number of nitro groups is 1. The van der Waals surface area contributed by atoms with Gasteiger partial charge in [-0.2, -0.15) is 0 Å². The van der Waals surface area contributed by atoms with Crippen LogP contribution in [0, 0.1) is 17.0 Å². The lowest BCUT2D eigenvalue weighted by Crippen LogP contribution is -2.16. The topological polar surface area (TPSA) is 121 Å². The normalized spacial score (nSPS) is 10.4. The van der Waals surface area contributed by atoms with Crippen LogP contribution in [0.4, 0.5) is 11.4 Å². The first-order valence-electron chi connectivity index (χ1n) is 9.23. The van der Waals surface area contributed by atoms with Crippen molar-refractivity contribution in [2.75, 3.05) is 11.9 Å². The van der Waals surface area contributed by atoms with E-state index < -0.39 is 17.5 Å². The van der Waals surface area contributed by atoms with Crippen LogP contribution in [0.1, 0.15) is 16.3 Å². The second-order valence-corrected chi connectivity index (χ2v) is 7.39. The van der Waals surface area contributed by atoms with Crippen LogP contribution in [0.2, 0.25) is 0 Å². The molecule has 0 bridgehead atoms. The Hall–Kier alpha value is -3.79. The number of hydrogen-bond acceptors (Lipinski definition) is 8. The molecule has 0 saturated carbocycles. The fraction of sp³-hybridized carbons (Fsp3) is 0.190. The largest absolute Gasteiger partial charge is 0.475 e. The molecule has 160 valence electrons. The first kappa shape index (κ1) is 21.9. The summed E-state index contributed by atoms with van der Waals surface area (Å²) in [5.74, 6) is -0.893. The zero-order chi connectivity index (χ0) is 22.2. The molecule has 0 fully saturated rings. The van der Waals surface area contributed by atoms with Crippen LogP contribution in [0.5, 0.6) is 5.75 Å². The molecule has 0 aliphatic rings. The number of rotatable bonds is 9. The van der Waals surface area contributed by atoms with Crippen molar-refractivity contribution in [1.82, 2.24) is 4.98 Å². The van der Waals surface area contributed by atoms with Gasteiger partial charge < -0.3 is 14.8 Å². The summed E-state index contributed by atoms with van der Waals surface area (Å²) in [6, 6.07) is 13.2. The van der Waals surface area contributed by atoms with Crippen molar-refractivity contribution in [3.05, 3.63) is 80.3 Å². The van der Waals surface area contributed by atoms with E-state index in [1.165, 1.54) is 29.5 Å². The molecule has 10 heteroatoms. The number of esters is 1. The van der Waals surface area contributed by atoms with Gasteiger partial charge in [0.1, 0.15) is 11.6 Å². The maximum atomic E-state index is 12.2. The summed E-state index contributed by atoms with van der Waals surface area (Å²) < 4.78 is 10.3. The van der Waals surface area contributed by atoms with Gasteiger partial charge in [-0.15, -0.1) is 11.3 Å². The maximum Gasteiger partial charge on any atom is 0.344 e. The Morgan fingerprint density at radius 2 is 1.90 bits per heavy atom. The highest BCUT2D eigenvalue weighted by Crippen LogP contribution is 2.25. The van der Waals surface area contributed by atoms with E-state index in [9.17, 15) is 19.7 Å². The molecule has 1 amide bonds. The Labute approximate surface area is 181 Å². The molecule has 1 N–H and O–H groups in total. The predicted molar refractivity (Wildman–Crippen MR) is 114 cm³/mol. The molecule has 0 unspecified atom stereocenters. The number of anilines is 1. The van der Waals surface area contributed by atoms with Gasteiger partial charge in [0, 0.05) is 17.1 Å². The zero-order valence-electron chi connectivity index (χ0n) is 16.6. The summed E-state index contributed by atoms with van der Waals surface area (Å²) in [6.07, 6.45) is 0.105. The van der Waals surface area contributed by atoms with Crippen molar-refractivity contribution in [3.8, 4) is 5.75 Å². The van der Waals surface area contributed by atoms with Gasteiger partial charge in [0.25, 0.3) is 0 Å². The number of benzene rings is 2. The van der Waals surface area contributed by atoms with Crippen LogP contribution in [0.15, 0.2) is 53.9 Å². The van der Waals surface area contributed by atoms with E-state index in [0.717, 1.165) is 11.3 Å². The van der Waals surface area contributed by atoms with Crippen molar-refractivity contribution in [2.24, 2.45) is 0 Å². The molecule has 0 spiro atoms. The molecule has 3 rings (SSSR count). The van der Waals surface area contributed by atoms with Gasteiger partial charge in [0.2, 0.25) is 5.91 Å². The molecule has 9 nitrogen and oxygen atoms in total. The van der Waals surface area contributed by atoms with Crippen LogP contribution in [-0.2, 0) is 27.4 Å². The average molecular weight is 441 g/mol. The van der Waals surface area contributed by atoms with E-state index >= 15 is 0 Å². The van der Waals surface area contributed by atoms with Crippen molar-refractivity contribution < 1.29 is 24.0 Å². The summed E-state index contributed by atoms with van der Waals surface area (Å²) in [5.41, 5.74) is 1.98. The molecule has 3 aromatic rings. The Balaban J connectivity index is 1.45. The number of amides is 1. The quantitative estimate of drug-likeness (QED) is 0.305. The van der Waals surface area contributed by atoms with Gasteiger partial charge in [0.05, 0.1) is 17.0 Å². The molecule has 1 aromatic heterocycles. The van der Waals surface area contributed by atoms with Crippen molar-refractivity contribution in [1.29, 1.82) is 0 Å². The lowest BCUT2D eigenvalue weighted by Gasteiger charge is -2.07. The number of para-hydroxylation sites is 3. The highest BCUT2D eigenvalue weighted by Gasteiger charge is 2.16. The molecule has 2 aromatic carbocycles. The van der Waals surface area contributed by atoms with Gasteiger partial charge >= 0.3 is 11.7 Å². The average Bonchev–Trinajstić information content (AvgIpc) is 3.19. The number of carbonyl (C=O) groups is 2. The van der Waals surface area contributed by atoms with Crippen LogP contribution >= 0.6 is 11.3 Å². The van der Waals surface area contributed by atoms with Gasteiger partial charge in [-0.25, -0.2) is 9.78 Å². The van der Waals surface area contributed by atoms with Crippen LogP contribution in [-0.4, -0.2) is 28.4 Å². The Bertz CT molecular complexity index is 1100. The number of nitrogens with one attached hydrogen (secondary N) is 1. The molecule has 0 atom stereocenters. The third-order valence-corrected chi connectivity index (χ3v) is 5.02. The summed E-state index contributed by atoms with van der Waals surface area (Å²) in [7, 11) is 0. The minimum Gasteiger partial charge on any atom is -0.475 e. The minimum absolute atomic E-state index is 0.0138. The maximum absolute atomic E-state index is 12.2. The Morgan fingerprint density at radius 1 is 1.16 bits per heavy atom. The third-order valence-electron chi connectivity index (χ3n) is 4.12. The van der Waals surface area contributed by atoms with Gasteiger partial charge in [-0.1, -0.05) is 30.3 Å². The zero-order valence-corrected chi connectivity index (χ0v) is 17.4. The van der Waals surface area contributed by atoms with Crippen LogP contribution in [0.25, 0.3) is 0 Å². The molecule has 1 heterocycles. The van der Waals surface area contributed by atoms with Gasteiger partial charge in [-0.3, -0.25) is 14.9 Å².